The molecule has 4 rings (SSSR count). The number of piperidine rings is 1. The van der Waals surface area contributed by atoms with E-state index in [2.05, 4.69) is 57.4 Å². The zero-order valence-electron chi connectivity index (χ0n) is 25.1. The number of nitrogens with zero attached hydrogens (tertiary/aromatic N) is 2. The highest BCUT2D eigenvalue weighted by Crippen LogP contribution is 2.32. The molecule has 0 saturated carbocycles. The van der Waals surface area contributed by atoms with Crippen molar-refractivity contribution in [3.05, 3.63) is 59.2 Å². The van der Waals surface area contributed by atoms with Crippen molar-refractivity contribution in [2.75, 3.05) is 50.8 Å². The van der Waals surface area contributed by atoms with Crippen LogP contribution < -0.4 is 21.3 Å². The smallest absolute Gasteiger partial charge is 0.349 e. The van der Waals surface area contributed by atoms with Crippen LogP contribution in [0.3, 0.4) is 0 Å². The summed E-state index contributed by atoms with van der Waals surface area (Å²) in [5.41, 5.74) is -0.310. The average molecular weight is 635 g/mol. The highest BCUT2D eigenvalue weighted by Gasteiger charge is 2.33. The molecule has 4 N–H and O–H groups in total. The number of hydrogen-bond acceptors (Lipinski definition) is 6. The Morgan fingerprint density at radius 1 is 1.00 bits per heavy atom. The third-order valence-electron chi connectivity index (χ3n) is 7.95. The molecule has 13 heteroatoms. The molecule has 4 amide bonds. The number of alkyl halides is 3. The fourth-order valence-electron chi connectivity index (χ4n) is 5.57. The second-order valence-corrected chi connectivity index (χ2v) is 12.0. The Hall–Kier alpha value is -3.29. The first-order valence-corrected chi connectivity index (χ1v) is 16.2. The standard InChI is InChI=1S/C31H41F3N6O3S/c1-3-13-39-16-12-26(35-18-21-6-9-23(44-2)10-7-21)27(20-39)37-28(41)19-36-29(42)24-17-22(31(32,33)34)8-11-25(24)38-30(43)40-14-4-5-15-40/h6-11,17,26-27,35H,3-5,12-16,18-20H2,1-2H3,(H,36,42)(H,37,41)(H,38,43). The van der Waals surface area contributed by atoms with Gasteiger partial charge in [0.25, 0.3) is 5.91 Å². The number of carbonyl (C=O) groups excluding carboxylic acids is 3. The summed E-state index contributed by atoms with van der Waals surface area (Å²) in [6.45, 7) is 5.79. The lowest BCUT2D eigenvalue weighted by atomic mass is 9.98. The second kappa shape index (κ2) is 15.6. The van der Waals surface area contributed by atoms with Crippen LogP contribution >= 0.6 is 11.8 Å². The molecule has 0 bridgehead atoms. The van der Waals surface area contributed by atoms with Gasteiger partial charge in [-0.3, -0.25) is 9.59 Å². The van der Waals surface area contributed by atoms with Crippen LogP contribution in [0.1, 0.15) is 54.1 Å². The van der Waals surface area contributed by atoms with Crippen molar-refractivity contribution >= 4 is 35.3 Å². The number of benzene rings is 2. The van der Waals surface area contributed by atoms with E-state index in [0.717, 1.165) is 56.5 Å². The Bertz CT molecular complexity index is 1290. The van der Waals surface area contributed by atoms with E-state index >= 15 is 0 Å². The van der Waals surface area contributed by atoms with Crippen LogP contribution in [0.15, 0.2) is 47.4 Å². The number of amides is 4. The molecule has 2 aromatic rings. The Labute approximate surface area is 260 Å². The maximum atomic E-state index is 13.5. The largest absolute Gasteiger partial charge is 0.416 e. The van der Waals surface area contributed by atoms with Crippen LogP contribution in [-0.2, 0) is 17.5 Å². The third kappa shape index (κ3) is 9.35. The highest BCUT2D eigenvalue weighted by atomic mass is 32.2. The maximum absolute atomic E-state index is 13.5. The van der Waals surface area contributed by atoms with E-state index in [9.17, 15) is 27.6 Å². The van der Waals surface area contributed by atoms with Crippen molar-refractivity contribution in [2.24, 2.45) is 0 Å². The summed E-state index contributed by atoms with van der Waals surface area (Å²) in [6.07, 6.45) is 0.811. The number of thioether (sulfide) groups is 1. The molecular weight excluding hydrogens is 593 g/mol. The monoisotopic (exact) mass is 634 g/mol. The van der Waals surface area contributed by atoms with E-state index < -0.39 is 36.1 Å². The van der Waals surface area contributed by atoms with Crippen LogP contribution in [0.2, 0.25) is 0 Å². The minimum absolute atomic E-state index is 0.00106. The number of carbonyl (C=O) groups is 3. The molecule has 2 heterocycles. The molecule has 9 nitrogen and oxygen atoms in total. The van der Waals surface area contributed by atoms with Gasteiger partial charge in [-0.2, -0.15) is 13.2 Å². The molecule has 2 fully saturated rings. The highest BCUT2D eigenvalue weighted by molar-refractivity contribution is 7.98. The first-order chi connectivity index (χ1) is 21.1. The molecule has 2 atom stereocenters. The predicted octanol–water partition coefficient (Wildman–Crippen LogP) is 4.54. The molecular formula is C31H41F3N6O3S. The molecule has 0 spiro atoms. The first-order valence-electron chi connectivity index (χ1n) is 15.0. The predicted molar refractivity (Wildman–Crippen MR) is 166 cm³/mol. The molecule has 2 unspecified atom stereocenters. The summed E-state index contributed by atoms with van der Waals surface area (Å²) in [7, 11) is 0. The van der Waals surface area contributed by atoms with Gasteiger partial charge in [-0.25, -0.2) is 4.79 Å². The summed E-state index contributed by atoms with van der Waals surface area (Å²) in [6, 6.07) is 10.2. The molecule has 240 valence electrons. The van der Waals surface area contributed by atoms with Gasteiger partial charge in [-0.05, 0) is 80.9 Å². The Balaban J connectivity index is 1.40. The number of urea groups is 1. The van der Waals surface area contributed by atoms with Crippen molar-refractivity contribution < 1.29 is 27.6 Å². The van der Waals surface area contributed by atoms with Crippen LogP contribution in [0.4, 0.5) is 23.7 Å². The summed E-state index contributed by atoms with van der Waals surface area (Å²) < 4.78 is 40.4. The van der Waals surface area contributed by atoms with E-state index in [-0.39, 0.29) is 23.3 Å². The fourth-order valence-corrected chi connectivity index (χ4v) is 5.98. The van der Waals surface area contributed by atoms with Gasteiger partial charge >= 0.3 is 12.2 Å². The van der Waals surface area contributed by atoms with Crippen LogP contribution in [0.25, 0.3) is 0 Å². The number of likely N-dealkylation sites (tertiary alicyclic amines) is 2. The number of anilines is 1. The number of halogens is 3. The maximum Gasteiger partial charge on any atom is 0.416 e. The van der Waals surface area contributed by atoms with Crippen molar-refractivity contribution in [3.8, 4) is 0 Å². The summed E-state index contributed by atoms with van der Waals surface area (Å²) in [5.74, 6) is -1.34. The van der Waals surface area contributed by atoms with Crippen molar-refractivity contribution in [2.45, 2.75) is 62.3 Å². The number of nitrogens with one attached hydrogen (secondary N) is 4. The minimum Gasteiger partial charge on any atom is -0.349 e. The summed E-state index contributed by atoms with van der Waals surface area (Å²) in [5, 5.41) is 11.6. The number of rotatable bonds is 11. The number of hydrogen-bond donors (Lipinski definition) is 4. The zero-order valence-corrected chi connectivity index (χ0v) is 26.0. The second-order valence-electron chi connectivity index (χ2n) is 11.2. The molecule has 0 radical (unpaired) electrons. The summed E-state index contributed by atoms with van der Waals surface area (Å²) in [4.78, 5) is 43.8. The molecule has 2 aromatic carbocycles. The van der Waals surface area contributed by atoms with E-state index in [1.54, 1.807) is 16.7 Å². The van der Waals surface area contributed by atoms with Crippen LogP contribution in [0.5, 0.6) is 0 Å². The quantitative estimate of drug-likeness (QED) is 0.271. The van der Waals surface area contributed by atoms with Crippen LogP contribution in [0, 0.1) is 0 Å². The molecule has 0 aromatic heterocycles. The van der Waals surface area contributed by atoms with Gasteiger partial charge in [-0.1, -0.05) is 19.1 Å². The molecule has 2 saturated heterocycles. The van der Waals surface area contributed by atoms with Gasteiger partial charge in [-0.15, -0.1) is 11.8 Å². The molecule has 2 aliphatic rings. The first kappa shape index (κ1) is 33.6. The zero-order chi connectivity index (χ0) is 31.7. The normalized spacial score (nSPS) is 19.1. The average Bonchev–Trinajstić information content (AvgIpc) is 3.55. The van der Waals surface area contributed by atoms with E-state index in [0.29, 0.717) is 32.2 Å². The lowest BCUT2D eigenvalue weighted by Crippen LogP contribution is -2.60. The van der Waals surface area contributed by atoms with Gasteiger partial charge in [0, 0.05) is 37.1 Å². The Morgan fingerprint density at radius 2 is 1.73 bits per heavy atom. The molecule has 0 aliphatic carbocycles. The van der Waals surface area contributed by atoms with E-state index in [1.807, 2.05) is 6.26 Å². The Morgan fingerprint density at radius 3 is 2.39 bits per heavy atom. The molecule has 44 heavy (non-hydrogen) atoms. The van der Waals surface area contributed by atoms with Gasteiger partial charge in [0.1, 0.15) is 0 Å². The van der Waals surface area contributed by atoms with Crippen LogP contribution in [-0.4, -0.2) is 85.3 Å². The van der Waals surface area contributed by atoms with Crippen molar-refractivity contribution in [3.63, 3.8) is 0 Å². The summed E-state index contributed by atoms with van der Waals surface area (Å²) >= 11 is 1.68. The van der Waals surface area contributed by atoms with Crippen molar-refractivity contribution in [1.82, 2.24) is 25.8 Å². The van der Waals surface area contributed by atoms with Crippen molar-refractivity contribution in [1.29, 1.82) is 0 Å². The van der Waals surface area contributed by atoms with Gasteiger partial charge in [0.15, 0.2) is 0 Å². The Kier molecular flexibility index (Phi) is 11.9. The van der Waals surface area contributed by atoms with E-state index in [4.69, 9.17) is 0 Å². The SMILES string of the molecule is CCCN1CCC(NCc2ccc(SC)cc2)C(NC(=O)CNC(=O)c2cc(C(F)(F)F)ccc2NC(=O)N2CCCC2)C1. The van der Waals surface area contributed by atoms with Gasteiger partial charge in [0.05, 0.1) is 29.4 Å². The lowest BCUT2D eigenvalue weighted by Gasteiger charge is -2.39. The van der Waals surface area contributed by atoms with Gasteiger partial charge in [0.2, 0.25) is 5.91 Å². The topological polar surface area (TPSA) is 106 Å². The minimum atomic E-state index is -4.69. The van der Waals surface area contributed by atoms with E-state index in [1.165, 1.54) is 4.90 Å². The van der Waals surface area contributed by atoms with Gasteiger partial charge < -0.3 is 31.1 Å². The third-order valence-corrected chi connectivity index (χ3v) is 8.69. The lowest BCUT2D eigenvalue weighted by molar-refractivity contribution is -0.137. The fraction of sp³-hybridized carbons (Fsp3) is 0.516. The molecule has 2 aliphatic heterocycles.